The number of para-hydroxylation sites is 1. The molecule has 1 aliphatic rings. The minimum Gasteiger partial charge on any atom is -0.457 e. The van der Waals surface area contributed by atoms with Crippen LogP contribution in [-0.4, -0.2) is 47.2 Å². The molecule has 1 fully saturated rings. The third kappa shape index (κ3) is 4.99. The van der Waals surface area contributed by atoms with Gasteiger partial charge in [-0.15, -0.1) is 0 Å². The van der Waals surface area contributed by atoms with Gasteiger partial charge in [-0.3, -0.25) is 9.89 Å². The predicted molar refractivity (Wildman–Crippen MR) is 131 cm³/mol. The van der Waals surface area contributed by atoms with Gasteiger partial charge in [0.15, 0.2) is 5.82 Å². The first kappa shape index (κ1) is 21.0. The van der Waals surface area contributed by atoms with E-state index in [-0.39, 0.29) is 5.91 Å². The maximum absolute atomic E-state index is 12.8. The van der Waals surface area contributed by atoms with E-state index < -0.39 is 0 Å². The van der Waals surface area contributed by atoms with Crippen molar-refractivity contribution in [3.8, 4) is 11.5 Å². The molecule has 1 aromatic heterocycles. The number of carbonyl (C=O) groups is 1. The molecule has 0 spiro atoms. The van der Waals surface area contributed by atoms with Crippen LogP contribution in [0, 0.1) is 0 Å². The Balaban J connectivity index is 1.23. The van der Waals surface area contributed by atoms with Crippen LogP contribution in [0.25, 0.3) is 10.9 Å². The van der Waals surface area contributed by atoms with E-state index in [1.165, 1.54) is 0 Å². The molecule has 168 valence electrons. The number of aromatic nitrogens is 2. The SMILES string of the molecule is CN1CCC(Nc2ccc(C(=O)Nc3n[nH]c4cc(Oc5ccccc5)ccc34)cc2)CC1. The number of benzene rings is 3. The first-order valence-corrected chi connectivity index (χ1v) is 11.2. The smallest absolute Gasteiger partial charge is 0.256 e. The van der Waals surface area contributed by atoms with Crippen LogP contribution in [-0.2, 0) is 0 Å². The van der Waals surface area contributed by atoms with Crippen molar-refractivity contribution in [2.45, 2.75) is 18.9 Å². The van der Waals surface area contributed by atoms with Crippen molar-refractivity contribution in [1.29, 1.82) is 0 Å². The number of piperidine rings is 1. The number of hydrogen-bond donors (Lipinski definition) is 3. The average molecular weight is 442 g/mol. The van der Waals surface area contributed by atoms with Crippen molar-refractivity contribution in [2.75, 3.05) is 30.8 Å². The van der Waals surface area contributed by atoms with Crippen LogP contribution in [0.4, 0.5) is 11.5 Å². The minimum absolute atomic E-state index is 0.196. The summed E-state index contributed by atoms with van der Waals surface area (Å²) in [6, 6.07) is 23.3. The normalized spacial score (nSPS) is 14.8. The number of hydrogen-bond acceptors (Lipinski definition) is 5. The summed E-state index contributed by atoms with van der Waals surface area (Å²) in [6.45, 7) is 2.21. The van der Waals surface area contributed by atoms with E-state index in [9.17, 15) is 4.79 Å². The summed E-state index contributed by atoms with van der Waals surface area (Å²) >= 11 is 0. The number of carbonyl (C=O) groups excluding carboxylic acids is 1. The molecule has 3 N–H and O–H groups in total. The fourth-order valence-corrected chi connectivity index (χ4v) is 4.07. The Bertz CT molecular complexity index is 1230. The lowest BCUT2D eigenvalue weighted by atomic mass is 10.0. The third-order valence-corrected chi connectivity index (χ3v) is 5.98. The second-order valence-electron chi connectivity index (χ2n) is 8.45. The Morgan fingerprint density at radius 1 is 1.00 bits per heavy atom. The second kappa shape index (κ2) is 9.34. The second-order valence-corrected chi connectivity index (χ2v) is 8.45. The largest absolute Gasteiger partial charge is 0.457 e. The Morgan fingerprint density at radius 2 is 1.76 bits per heavy atom. The van der Waals surface area contributed by atoms with Crippen molar-refractivity contribution in [2.24, 2.45) is 0 Å². The van der Waals surface area contributed by atoms with Gasteiger partial charge in [0.05, 0.1) is 5.52 Å². The molecule has 7 nitrogen and oxygen atoms in total. The summed E-state index contributed by atoms with van der Waals surface area (Å²) in [5.74, 6) is 1.76. The summed E-state index contributed by atoms with van der Waals surface area (Å²) in [5.41, 5.74) is 2.41. The van der Waals surface area contributed by atoms with Crippen molar-refractivity contribution in [3.05, 3.63) is 78.4 Å². The van der Waals surface area contributed by atoms with Gasteiger partial charge in [-0.1, -0.05) is 18.2 Å². The van der Waals surface area contributed by atoms with Gasteiger partial charge in [0, 0.05) is 28.7 Å². The fourth-order valence-electron chi connectivity index (χ4n) is 4.07. The van der Waals surface area contributed by atoms with Gasteiger partial charge in [-0.25, -0.2) is 0 Å². The highest BCUT2D eigenvalue weighted by Gasteiger charge is 2.17. The van der Waals surface area contributed by atoms with E-state index in [4.69, 9.17) is 4.74 Å². The maximum atomic E-state index is 12.8. The maximum Gasteiger partial charge on any atom is 0.256 e. The zero-order valence-corrected chi connectivity index (χ0v) is 18.5. The summed E-state index contributed by atoms with van der Waals surface area (Å²) in [6.07, 6.45) is 2.26. The van der Waals surface area contributed by atoms with Gasteiger partial charge < -0.3 is 20.3 Å². The quantitative estimate of drug-likeness (QED) is 0.387. The third-order valence-electron chi connectivity index (χ3n) is 5.98. The topological polar surface area (TPSA) is 82.3 Å². The summed E-state index contributed by atoms with van der Waals surface area (Å²) in [4.78, 5) is 15.1. The van der Waals surface area contributed by atoms with Crippen LogP contribution in [0.1, 0.15) is 23.2 Å². The van der Waals surface area contributed by atoms with E-state index >= 15 is 0 Å². The lowest BCUT2D eigenvalue weighted by molar-refractivity contribution is 0.102. The molecule has 2 heterocycles. The molecule has 0 aliphatic carbocycles. The molecule has 0 radical (unpaired) electrons. The van der Waals surface area contributed by atoms with Crippen LogP contribution in [0.15, 0.2) is 72.8 Å². The van der Waals surface area contributed by atoms with E-state index in [2.05, 4.69) is 32.8 Å². The van der Waals surface area contributed by atoms with E-state index in [1.54, 1.807) is 0 Å². The van der Waals surface area contributed by atoms with Gasteiger partial charge in [0.25, 0.3) is 5.91 Å². The average Bonchev–Trinajstić information content (AvgIpc) is 3.23. The number of amides is 1. The number of likely N-dealkylation sites (tertiary alicyclic amines) is 1. The molecule has 1 saturated heterocycles. The number of fused-ring (bicyclic) bond motifs is 1. The summed E-state index contributed by atoms with van der Waals surface area (Å²) in [5, 5.41) is 14.6. The van der Waals surface area contributed by atoms with E-state index in [0.717, 1.165) is 48.3 Å². The molecule has 1 aliphatic heterocycles. The van der Waals surface area contributed by atoms with E-state index in [1.807, 2.05) is 72.8 Å². The van der Waals surface area contributed by atoms with Crippen LogP contribution in [0.5, 0.6) is 11.5 Å². The molecular weight excluding hydrogens is 414 g/mol. The molecule has 1 amide bonds. The molecule has 0 atom stereocenters. The number of aromatic amines is 1. The first-order chi connectivity index (χ1) is 16.1. The predicted octanol–water partition coefficient (Wildman–Crippen LogP) is 5.11. The molecule has 0 saturated carbocycles. The number of anilines is 2. The van der Waals surface area contributed by atoms with Gasteiger partial charge in [-0.2, -0.15) is 5.10 Å². The molecule has 0 unspecified atom stereocenters. The number of ether oxygens (including phenoxy) is 1. The van der Waals surface area contributed by atoms with Crippen LogP contribution in [0.2, 0.25) is 0 Å². The van der Waals surface area contributed by atoms with Crippen molar-refractivity contribution in [1.82, 2.24) is 15.1 Å². The molecule has 7 heteroatoms. The summed E-state index contributed by atoms with van der Waals surface area (Å²) in [7, 11) is 2.16. The Kier molecular flexibility index (Phi) is 5.95. The molecule has 0 bridgehead atoms. The Hall–Kier alpha value is -3.84. The first-order valence-electron chi connectivity index (χ1n) is 11.2. The lowest BCUT2D eigenvalue weighted by Crippen LogP contribution is -2.36. The highest BCUT2D eigenvalue weighted by Crippen LogP contribution is 2.28. The van der Waals surface area contributed by atoms with Gasteiger partial charge >= 0.3 is 0 Å². The van der Waals surface area contributed by atoms with Crippen LogP contribution < -0.4 is 15.4 Å². The van der Waals surface area contributed by atoms with Crippen LogP contribution in [0.3, 0.4) is 0 Å². The standard InChI is InChI=1S/C26H27N5O2/c1-31-15-13-20(14-16-31)27-19-9-7-18(8-10-19)26(32)28-25-23-12-11-22(17-24(23)29-30-25)33-21-5-3-2-4-6-21/h2-12,17,20,27H,13-16H2,1H3,(H2,28,29,30,32). The van der Waals surface area contributed by atoms with Crippen molar-refractivity contribution < 1.29 is 9.53 Å². The lowest BCUT2D eigenvalue weighted by Gasteiger charge is -2.30. The van der Waals surface area contributed by atoms with Gasteiger partial charge in [0.2, 0.25) is 0 Å². The minimum atomic E-state index is -0.196. The monoisotopic (exact) mass is 441 g/mol. The van der Waals surface area contributed by atoms with Gasteiger partial charge in [0.1, 0.15) is 11.5 Å². The molecule has 4 aromatic rings. The zero-order chi connectivity index (χ0) is 22.6. The van der Waals surface area contributed by atoms with Gasteiger partial charge in [-0.05, 0) is 81.5 Å². The number of nitrogens with zero attached hydrogens (tertiary/aromatic N) is 2. The molecule has 33 heavy (non-hydrogen) atoms. The molecule has 5 rings (SSSR count). The van der Waals surface area contributed by atoms with Crippen molar-refractivity contribution >= 4 is 28.3 Å². The number of rotatable bonds is 6. The number of H-pyrrole nitrogens is 1. The molecular formula is C26H27N5O2. The van der Waals surface area contributed by atoms with Crippen molar-refractivity contribution in [3.63, 3.8) is 0 Å². The Morgan fingerprint density at radius 3 is 2.52 bits per heavy atom. The Labute approximate surface area is 192 Å². The highest BCUT2D eigenvalue weighted by molar-refractivity contribution is 6.08. The number of nitrogens with one attached hydrogen (secondary N) is 3. The van der Waals surface area contributed by atoms with E-state index in [0.29, 0.717) is 23.2 Å². The van der Waals surface area contributed by atoms with Crippen LogP contribution >= 0.6 is 0 Å². The highest BCUT2D eigenvalue weighted by atomic mass is 16.5. The fraction of sp³-hybridized carbons (Fsp3) is 0.231. The summed E-state index contributed by atoms with van der Waals surface area (Å²) < 4.78 is 5.87. The zero-order valence-electron chi connectivity index (χ0n) is 18.5. The molecule has 3 aromatic carbocycles.